The van der Waals surface area contributed by atoms with Crippen molar-refractivity contribution in [3.05, 3.63) is 18.3 Å². The SMILES string of the molecule is CCNc1ccc(S(=O)(=O)NCC(C)(C)OC)cn1. The second-order valence-electron chi connectivity index (χ2n) is 4.70. The minimum absolute atomic E-state index is 0.140. The number of nitrogens with one attached hydrogen (secondary N) is 2. The fourth-order valence-electron chi connectivity index (χ4n) is 1.25. The molecule has 0 fully saturated rings. The third kappa shape index (κ3) is 4.77. The van der Waals surface area contributed by atoms with Crippen molar-refractivity contribution in [3.8, 4) is 0 Å². The molecule has 0 aliphatic carbocycles. The second-order valence-corrected chi connectivity index (χ2v) is 6.46. The van der Waals surface area contributed by atoms with E-state index in [1.165, 1.54) is 12.3 Å². The summed E-state index contributed by atoms with van der Waals surface area (Å²) in [4.78, 5) is 4.18. The van der Waals surface area contributed by atoms with E-state index >= 15 is 0 Å². The highest BCUT2D eigenvalue weighted by Gasteiger charge is 2.21. The van der Waals surface area contributed by atoms with Crippen molar-refractivity contribution in [2.75, 3.05) is 25.5 Å². The molecule has 0 saturated heterocycles. The van der Waals surface area contributed by atoms with Crippen molar-refractivity contribution < 1.29 is 13.2 Å². The molecular weight excluding hydrogens is 266 g/mol. The lowest BCUT2D eigenvalue weighted by molar-refractivity contribution is 0.0276. The zero-order valence-corrected chi connectivity index (χ0v) is 12.5. The summed E-state index contributed by atoms with van der Waals surface area (Å²) in [7, 11) is -2.01. The largest absolute Gasteiger partial charge is 0.377 e. The van der Waals surface area contributed by atoms with Crippen molar-refractivity contribution >= 4 is 15.8 Å². The van der Waals surface area contributed by atoms with Gasteiger partial charge in [0.15, 0.2) is 0 Å². The van der Waals surface area contributed by atoms with Crippen LogP contribution in [0.2, 0.25) is 0 Å². The standard InChI is InChI=1S/C12H21N3O3S/c1-5-13-11-7-6-10(8-14-11)19(16,17)15-9-12(2,3)18-4/h6-8,15H,5,9H2,1-4H3,(H,13,14). The van der Waals surface area contributed by atoms with Gasteiger partial charge in [-0.2, -0.15) is 0 Å². The van der Waals surface area contributed by atoms with Crippen LogP contribution in [0.4, 0.5) is 5.82 Å². The summed E-state index contributed by atoms with van der Waals surface area (Å²) in [5.41, 5.74) is -0.551. The normalized spacial score (nSPS) is 12.4. The molecule has 1 heterocycles. The van der Waals surface area contributed by atoms with Crippen LogP contribution in [-0.2, 0) is 14.8 Å². The number of methoxy groups -OCH3 is 1. The number of nitrogens with zero attached hydrogens (tertiary/aromatic N) is 1. The van der Waals surface area contributed by atoms with Gasteiger partial charge < -0.3 is 10.1 Å². The molecule has 7 heteroatoms. The van der Waals surface area contributed by atoms with Gasteiger partial charge in [-0.05, 0) is 32.9 Å². The van der Waals surface area contributed by atoms with Crippen LogP contribution in [0, 0.1) is 0 Å². The summed E-state index contributed by atoms with van der Waals surface area (Å²) in [5.74, 6) is 0.652. The predicted octanol–water partition coefficient (Wildman–Crippen LogP) is 1.22. The van der Waals surface area contributed by atoms with Crippen LogP contribution in [0.3, 0.4) is 0 Å². The van der Waals surface area contributed by atoms with E-state index < -0.39 is 15.6 Å². The molecule has 6 nitrogen and oxygen atoms in total. The van der Waals surface area contributed by atoms with E-state index in [-0.39, 0.29) is 11.4 Å². The highest BCUT2D eigenvalue weighted by molar-refractivity contribution is 7.89. The van der Waals surface area contributed by atoms with Crippen LogP contribution < -0.4 is 10.0 Å². The molecular formula is C12H21N3O3S. The maximum atomic E-state index is 12.0. The van der Waals surface area contributed by atoms with Gasteiger partial charge in [-0.15, -0.1) is 0 Å². The topological polar surface area (TPSA) is 80.3 Å². The van der Waals surface area contributed by atoms with Crippen LogP contribution in [-0.4, -0.2) is 39.2 Å². The Morgan fingerprint density at radius 2 is 2.05 bits per heavy atom. The molecule has 0 bridgehead atoms. The Hall–Kier alpha value is -1.18. The molecule has 1 aromatic heterocycles. The Bertz CT molecular complexity index is 497. The summed E-state index contributed by atoms with van der Waals surface area (Å²) in [6.45, 7) is 6.49. The smallest absolute Gasteiger partial charge is 0.242 e. The van der Waals surface area contributed by atoms with Gasteiger partial charge in [0.2, 0.25) is 10.0 Å². The Kier molecular flexibility index (Phi) is 5.28. The van der Waals surface area contributed by atoms with E-state index in [1.807, 2.05) is 20.8 Å². The monoisotopic (exact) mass is 287 g/mol. The lowest BCUT2D eigenvalue weighted by atomic mass is 10.1. The summed E-state index contributed by atoms with van der Waals surface area (Å²) in [5, 5.41) is 3.01. The number of aromatic nitrogens is 1. The molecule has 0 radical (unpaired) electrons. The number of hydrogen-bond donors (Lipinski definition) is 2. The second kappa shape index (κ2) is 6.31. The molecule has 0 atom stereocenters. The molecule has 0 spiro atoms. The van der Waals surface area contributed by atoms with Crippen molar-refractivity contribution in [1.82, 2.24) is 9.71 Å². The summed E-state index contributed by atoms with van der Waals surface area (Å²) in [6, 6.07) is 3.16. The molecule has 0 amide bonds. The van der Waals surface area contributed by atoms with Crippen molar-refractivity contribution in [3.63, 3.8) is 0 Å². The zero-order chi connectivity index (χ0) is 14.5. The molecule has 0 aliphatic heterocycles. The van der Waals surface area contributed by atoms with E-state index in [4.69, 9.17) is 4.74 Å². The van der Waals surface area contributed by atoms with Gasteiger partial charge in [-0.1, -0.05) is 0 Å². The summed E-state index contributed by atoms with van der Waals surface area (Å²) < 4.78 is 31.7. The van der Waals surface area contributed by atoms with E-state index in [0.29, 0.717) is 5.82 Å². The summed E-state index contributed by atoms with van der Waals surface area (Å²) in [6.07, 6.45) is 1.33. The molecule has 0 aliphatic rings. The molecule has 0 unspecified atom stereocenters. The van der Waals surface area contributed by atoms with Gasteiger partial charge in [0.25, 0.3) is 0 Å². The third-order valence-electron chi connectivity index (χ3n) is 2.65. The van der Waals surface area contributed by atoms with Crippen LogP contribution >= 0.6 is 0 Å². The maximum absolute atomic E-state index is 12.0. The Morgan fingerprint density at radius 1 is 1.37 bits per heavy atom. The predicted molar refractivity (Wildman–Crippen MR) is 74.7 cm³/mol. The van der Waals surface area contributed by atoms with Gasteiger partial charge in [0, 0.05) is 26.4 Å². The average Bonchev–Trinajstić information content (AvgIpc) is 2.38. The fourth-order valence-corrected chi connectivity index (χ4v) is 2.39. The molecule has 0 saturated carbocycles. The minimum atomic E-state index is -3.56. The minimum Gasteiger partial charge on any atom is -0.377 e. The van der Waals surface area contributed by atoms with Crippen molar-refractivity contribution in [2.24, 2.45) is 0 Å². The Balaban J connectivity index is 2.77. The quantitative estimate of drug-likeness (QED) is 0.788. The van der Waals surface area contributed by atoms with Crippen LogP contribution in [0.5, 0.6) is 0 Å². The molecule has 19 heavy (non-hydrogen) atoms. The molecule has 0 aromatic carbocycles. The van der Waals surface area contributed by atoms with E-state index in [9.17, 15) is 8.42 Å². The van der Waals surface area contributed by atoms with Crippen LogP contribution in [0.25, 0.3) is 0 Å². The number of ether oxygens (including phenoxy) is 1. The highest BCUT2D eigenvalue weighted by Crippen LogP contribution is 2.12. The average molecular weight is 287 g/mol. The van der Waals surface area contributed by atoms with Crippen LogP contribution in [0.15, 0.2) is 23.2 Å². The van der Waals surface area contributed by atoms with E-state index in [2.05, 4.69) is 15.0 Å². The first-order valence-corrected chi connectivity index (χ1v) is 7.54. The van der Waals surface area contributed by atoms with Crippen LogP contribution in [0.1, 0.15) is 20.8 Å². The number of sulfonamides is 1. The Labute approximate surface area is 114 Å². The summed E-state index contributed by atoms with van der Waals surface area (Å²) >= 11 is 0. The highest BCUT2D eigenvalue weighted by atomic mass is 32.2. The van der Waals surface area contributed by atoms with Gasteiger partial charge in [-0.25, -0.2) is 18.1 Å². The van der Waals surface area contributed by atoms with E-state index in [0.717, 1.165) is 6.54 Å². The lowest BCUT2D eigenvalue weighted by Crippen LogP contribution is -2.39. The first kappa shape index (κ1) is 15.9. The first-order chi connectivity index (χ1) is 8.80. The lowest BCUT2D eigenvalue weighted by Gasteiger charge is -2.22. The molecule has 1 aromatic rings. The number of hydrogen-bond acceptors (Lipinski definition) is 5. The number of anilines is 1. The fraction of sp³-hybridized carbons (Fsp3) is 0.583. The zero-order valence-electron chi connectivity index (χ0n) is 11.7. The molecule has 1 rings (SSSR count). The van der Waals surface area contributed by atoms with Crippen molar-refractivity contribution in [2.45, 2.75) is 31.3 Å². The van der Waals surface area contributed by atoms with Gasteiger partial charge in [0.05, 0.1) is 5.60 Å². The Morgan fingerprint density at radius 3 is 2.53 bits per heavy atom. The first-order valence-electron chi connectivity index (χ1n) is 6.05. The molecule has 108 valence electrons. The number of pyridine rings is 1. The van der Waals surface area contributed by atoms with E-state index in [1.54, 1.807) is 13.2 Å². The maximum Gasteiger partial charge on any atom is 0.242 e. The third-order valence-corrected chi connectivity index (χ3v) is 4.03. The van der Waals surface area contributed by atoms with Crippen molar-refractivity contribution in [1.29, 1.82) is 0 Å². The van der Waals surface area contributed by atoms with Gasteiger partial charge in [0.1, 0.15) is 10.7 Å². The number of rotatable bonds is 7. The molecule has 2 N–H and O–H groups in total. The van der Waals surface area contributed by atoms with Gasteiger partial charge in [-0.3, -0.25) is 0 Å². The van der Waals surface area contributed by atoms with Gasteiger partial charge >= 0.3 is 0 Å².